The van der Waals surface area contributed by atoms with Gasteiger partial charge in [0.1, 0.15) is 12.4 Å². The van der Waals surface area contributed by atoms with Gasteiger partial charge in [0.2, 0.25) is 0 Å². The summed E-state index contributed by atoms with van der Waals surface area (Å²) in [5, 5.41) is 9.33. The Morgan fingerprint density at radius 3 is 2.62 bits per heavy atom. The molecule has 1 aliphatic rings. The molecule has 1 aliphatic heterocycles. The smallest absolute Gasteiger partial charge is 0.286 e. The minimum absolute atomic E-state index is 0.266. The quantitative estimate of drug-likeness (QED) is 0.868. The first-order valence-corrected chi connectivity index (χ1v) is 7.96. The number of aliphatic imine (C=N–C) groups is 1. The molecule has 6 heteroatoms. The molecule has 0 saturated heterocycles. The van der Waals surface area contributed by atoms with E-state index < -0.39 is 0 Å². The van der Waals surface area contributed by atoms with Crippen LogP contribution >= 0.6 is 11.8 Å². The number of nitrogens with two attached hydrogens (primary N) is 1. The monoisotopic (exact) mass is 335 g/mol. The second-order valence-corrected chi connectivity index (χ2v) is 6.05. The van der Waals surface area contributed by atoms with Crippen molar-refractivity contribution in [1.82, 2.24) is 0 Å². The number of hydrogen-bond acceptors (Lipinski definition) is 5. The standard InChI is InChI=1S/C18H13N3O2S/c19-10-13-3-1-2-4-14(13)11-23-15-7-5-12(6-8-15)9-16-17(22)21-18(20)24-16/h1-9H,11H2,(H2,20,21,22)/b16-9+. The molecule has 0 saturated carbocycles. The van der Waals surface area contributed by atoms with Crippen LogP contribution in [0, 0.1) is 11.3 Å². The number of nitrogens with zero attached hydrogens (tertiary/aromatic N) is 2. The van der Waals surface area contributed by atoms with Gasteiger partial charge in [-0.2, -0.15) is 10.3 Å². The summed E-state index contributed by atoms with van der Waals surface area (Å²) in [6, 6.07) is 16.8. The van der Waals surface area contributed by atoms with Crippen LogP contribution in [0.2, 0.25) is 0 Å². The van der Waals surface area contributed by atoms with Crippen LogP contribution in [0.3, 0.4) is 0 Å². The number of carbonyl (C=O) groups is 1. The van der Waals surface area contributed by atoms with Crippen LogP contribution in [-0.2, 0) is 11.4 Å². The van der Waals surface area contributed by atoms with E-state index in [4.69, 9.17) is 15.7 Å². The van der Waals surface area contributed by atoms with E-state index in [-0.39, 0.29) is 11.1 Å². The molecule has 0 fully saturated rings. The summed E-state index contributed by atoms with van der Waals surface area (Å²) in [7, 11) is 0. The third-order valence-corrected chi connectivity index (χ3v) is 4.16. The van der Waals surface area contributed by atoms with Crippen LogP contribution in [0.25, 0.3) is 6.08 Å². The highest BCUT2D eigenvalue weighted by Crippen LogP contribution is 2.27. The zero-order valence-corrected chi connectivity index (χ0v) is 13.4. The summed E-state index contributed by atoms with van der Waals surface area (Å²) in [6.45, 7) is 0.322. The molecule has 2 aromatic carbocycles. The highest BCUT2D eigenvalue weighted by Gasteiger charge is 2.19. The molecule has 0 atom stereocenters. The van der Waals surface area contributed by atoms with Gasteiger partial charge in [-0.15, -0.1) is 0 Å². The summed E-state index contributed by atoms with van der Waals surface area (Å²) in [5.41, 5.74) is 7.83. The van der Waals surface area contributed by atoms with Crippen LogP contribution in [0.5, 0.6) is 5.75 Å². The maximum absolute atomic E-state index is 11.6. The van der Waals surface area contributed by atoms with Gasteiger partial charge in [-0.3, -0.25) is 4.79 Å². The van der Waals surface area contributed by atoms with Gasteiger partial charge in [0.05, 0.1) is 16.5 Å². The van der Waals surface area contributed by atoms with Crippen LogP contribution in [0.15, 0.2) is 58.4 Å². The van der Waals surface area contributed by atoms with Crippen molar-refractivity contribution in [3.05, 3.63) is 70.1 Å². The van der Waals surface area contributed by atoms with Gasteiger partial charge in [-0.1, -0.05) is 30.3 Å². The molecule has 3 rings (SSSR count). The number of amidine groups is 1. The number of ether oxygens (including phenoxy) is 1. The third kappa shape index (κ3) is 3.65. The van der Waals surface area contributed by atoms with Gasteiger partial charge in [0, 0.05) is 5.56 Å². The largest absolute Gasteiger partial charge is 0.489 e. The molecular formula is C18H13N3O2S. The lowest BCUT2D eigenvalue weighted by molar-refractivity contribution is -0.113. The lowest BCUT2D eigenvalue weighted by Crippen LogP contribution is -2.01. The molecule has 0 bridgehead atoms. The van der Waals surface area contributed by atoms with E-state index in [1.807, 2.05) is 42.5 Å². The number of carbonyl (C=O) groups excluding carboxylic acids is 1. The maximum Gasteiger partial charge on any atom is 0.286 e. The fourth-order valence-electron chi connectivity index (χ4n) is 2.15. The van der Waals surface area contributed by atoms with Crippen LogP contribution < -0.4 is 10.5 Å². The zero-order chi connectivity index (χ0) is 16.9. The normalized spacial score (nSPS) is 15.2. The molecule has 2 aromatic rings. The summed E-state index contributed by atoms with van der Waals surface area (Å²) in [5.74, 6) is 0.372. The highest BCUT2D eigenvalue weighted by atomic mass is 32.2. The number of rotatable bonds is 4. The molecule has 2 N–H and O–H groups in total. The Labute approximate surface area is 143 Å². The molecule has 118 valence electrons. The van der Waals surface area contributed by atoms with Crippen molar-refractivity contribution in [2.24, 2.45) is 10.7 Å². The first-order valence-electron chi connectivity index (χ1n) is 7.14. The Bertz CT molecular complexity index is 880. The third-order valence-electron chi connectivity index (χ3n) is 3.35. The van der Waals surface area contributed by atoms with E-state index in [0.717, 1.165) is 22.9 Å². The first kappa shape index (κ1) is 15.8. The van der Waals surface area contributed by atoms with Crippen LogP contribution in [0.1, 0.15) is 16.7 Å². The van der Waals surface area contributed by atoms with Crippen molar-refractivity contribution < 1.29 is 9.53 Å². The van der Waals surface area contributed by atoms with E-state index in [1.54, 1.807) is 12.1 Å². The second-order valence-electron chi connectivity index (χ2n) is 4.99. The van der Waals surface area contributed by atoms with Crippen molar-refractivity contribution in [3.8, 4) is 11.8 Å². The minimum Gasteiger partial charge on any atom is -0.489 e. The average Bonchev–Trinajstić information content (AvgIpc) is 2.91. The molecule has 0 aliphatic carbocycles. The fourth-order valence-corrected chi connectivity index (χ4v) is 2.84. The van der Waals surface area contributed by atoms with Gasteiger partial charge in [-0.25, -0.2) is 0 Å². The van der Waals surface area contributed by atoms with Crippen molar-refractivity contribution >= 4 is 28.9 Å². The summed E-state index contributed by atoms with van der Waals surface area (Å²) in [6.07, 6.45) is 1.74. The number of benzene rings is 2. The lowest BCUT2D eigenvalue weighted by Gasteiger charge is -2.08. The molecule has 0 spiro atoms. The van der Waals surface area contributed by atoms with Crippen molar-refractivity contribution in [3.63, 3.8) is 0 Å². The van der Waals surface area contributed by atoms with E-state index in [1.165, 1.54) is 0 Å². The average molecular weight is 335 g/mol. The Morgan fingerprint density at radius 2 is 1.96 bits per heavy atom. The van der Waals surface area contributed by atoms with E-state index >= 15 is 0 Å². The minimum atomic E-state index is -0.314. The van der Waals surface area contributed by atoms with Crippen molar-refractivity contribution in [1.29, 1.82) is 5.26 Å². The van der Waals surface area contributed by atoms with E-state index in [0.29, 0.717) is 22.8 Å². The van der Waals surface area contributed by atoms with E-state index in [2.05, 4.69) is 11.1 Å². The van der Waals surface area contributed by atoms with Gasteiger partial charge < -0.3 is 10.5 Å². The second kappa shape index (κ2) is 7.02. The SMILES string of the molecule is N#Cc1ccccc1COc1ccc(/C=C2/SC(N)=NC2=O)cc1. The Morgan fingerprint density at radius 1 is 1.21 bits per heavy atom. The molecule has 0 aromatic heterocycles. The van der Waals surface area contributed by atoms with Gasteiger partial charge in [0.15, 0.2) is 5.17 Å². The molecule has 1 amide bonds. The maximum atomic E-state index is 11.6. The number of hydrogen-bond donors (Lipinski definition) is 1. The van der Waals surface area contributed by atoms with Crippen LogP contribution in [0.4, 0.5) is 0 Å². The van der Waals surface area contributed by atoms with Crippen molar-refractivity contribution in [2.45, 2.75) is 6.61 Å². The molecule has 5 nitrogen and oxygen atoms in total. The topological polar surface area (TPSA) is 88.5 Å². The lowest BCUT2D eigenvalue weighted by atomic mass is 10.1. The Balaban J connectivity index is 1.66. The van der Waals surface area contributed by atoms with Crippen molar-refractivity contribution in [2.75, 3.05) is 0 Å². The number of thioether (sulfide) groups is 1. The molecule has 0 unspecified atom stereocenters. The summed E-state index contributed by atoms with van der Waals surface area (Å²) < 4.78 is 5.71. The summed E-state index contributed by atoms with van der Waals surface area (Å²) >= 11 is 1.16. The van der Waals surface area contributed by atoms with Gasteiger partial charge in [-0.05, 0) is 41.6 Å². The van der Waals surface area contributed by atoms with Crippen LogP contribution in [-0.4, -0.2) is 11.1 Å². The predicted octanol–water partition coefficient (Wildman–Crippen LogP) is 3.07. The summed E-state index contributed by atoms with van der Waals surface area (Å²) in [4.78, 5) is 15.7. The predicted molar refractivity (Wildman–Crippen MR) is 94.1 cm³/mol. The zero-order valence-electron chi connectivity index (χ0n) is 12.6. The van der Waals surface area contributed by atoms with Gasteiger partial charge in [0.25, 0.3) is 5.91 Å². The number of amides is 1. The first-order chi connectivity index (χ1) is 11.7. The fraction of sp³-hybridized carbons (Fsp3) is 0.0556. The van der Waals surface area contributed by atoms with Gasteiger partial charge >= 0.3 is 0 Å². The van der Waals surface area contributed by atoms with E-state index in [9.17, 15) is 4.79 Å². The Kier molecular flexibility index (Phi) is 4.64. The molecule has 0 radical (unpaired) electrons. The number of nitriles is 1. The molecule has 24 heavy (non-hydrogen) atoms. The molecule has 1 heterocycles. The highest BCUT2D eigenvalue weighted by molar-refractivity contribution is 8.18. The Hall–Kier alpha value is -3.04. The molecular weight excluding hydrogens is 322 g/mol.